The van der Waals surface area contributed by atoms with Crippen molar-refractivity contribution in [3.05, 3.63) is 65.2 Å². The molecule has 0 aliphatic rings. The van der Waals surface area contributed by atoms with E-state index in [1.165, 1.54) is 0 Å². The molecule has 2 aromatic carbocycles. The van der Waals surface area contributed by atoms with Crippen molar-refractivity contribution in [3.8, 4) is 6.07 Å². The van der Waals surface area contributed by atoms with E-state index in [0.29, 0.717) is 16.4 Å². The number of halogens is 1. The molecular weight excluding hydrogens is 270 g/mol. The number of pyridine rings is 1. The number of benzene rings is 2. The predicted octanol–water partition coefficient (Wildman–Crippen LogP) is 4.50. The van der Waals surface area contributed by atoms with Gasteiger partial charge < -0.3 is 5.32 Å². The monoisotopic (exact) mass is 279 g/mol. The highest BCUT2D eigenvalue weighted by molar-refractivity contribution is 6.33. The van der Waals surface area contributed by atoms with Crippen LogP contribution in [0.4, 0.5) is 11.5 Å². The van der Waals surface area contributed by atoms with Gasteiger partial charge in [-0.25, -0.2) is 4.98 Å². The predicted molar refractivity (Wildman–Crippen MR) is 81.2 cm³/mol. The molecule has 0 fully saturated rings. The maximum Gasteiger partial charge on any atom is 0.149 e. The molecule has 96 valence electrons. The Labute approximate surface area is 121 Å². The lowest BCUT2D eigenvalue weighted by Gasteiger charge is -2.10. The Balaban J connectivity index is 2.11. The Kier molecular flexibility index (Phi) is 3.24. The van der Waals surface area contributed by atoms with E-state index in [1.807, 2.05) is 48.5 Å². The maximum absolute atomic E-state index is 9.26. The number of hydrogen-bond donors (Lipinski definition) is 1. The molecule has 1 heterocycles. The lowest BCUT2D eigenvalue weighted by atomic mass is 10.1. The van der Waals surface area contributed by atoms with Gasteiger partial charge in [0.1, 0.15) is 11.9 Å². The molecule has 1 aromatic heterocycles. The number of hydrogen-bond acceptors (Lipinski definition) is 3. The van der Waals surface area contributed by atoms with Gasteiger partial charge in [0.2, 0.25) is 0 Å². The Morgan fingerprint density at radius 1 is 1.05 bits per heavy atom. The van der Waals surface area contributed by atoms with Gasteiger partial charge in [-0.05, 0) is 24.3 Å². The van der Waals surface area contributed by atoms with Crippen molar-refractivity contribution in [1.82, 2.24) is 4.98 Å². The number of aromatic nitrogens is 1. The summed E-state index contributed by atoms with van der Waals surface area (Å²) < 4.78 is 0. The van der Waals surface area contributed by atoms with Crippen molar-refractivity contribution in [2.24, 2.45) is 0 Å². The lowest BCUT2D eigenvalue weighted by molar-refractivity contribution is 1.34. The van der Waals surface area contributed by atoms with Gasteiger partial charge in [-0.3, -0.25) is 0 Å². The number of fused-ring (bicyclic) bond motifs is 1. The Morgan fingerprint density at radius 2 is 1.80 bits per heavy atom. The molecule has 3 rings (SSSR count). The molecule has 4 heteroatoms. The molecule has 0 amide bonds. The Morgan fingerprint density at radius 3 is 2.60 bits per heavy atom. The topological polar surface area (TPSA) is 48.7 Å². The van der Waals surface area contributed by atoms with Crippen LogP contribution in [0.1, 0.15) is 5.56 Å². The molecule has 0 spiro atoms. The van der Waals surface area contributed by atoms with Crippen LogP contribution < -0.4 is 5.32 Å². The van der Waals surface area contributed by atoms with Crippen molar-refractivity contribution in [2.45, 2.75) is 0 Å². The van der Waals surface area contributed by atoms with Crippen LogP contribution in [0.2, 0.25) is 5.02 Å². The number of para-hydroxylation sites is 2. The van der Waals surface area contributed by atoms with Gasteiger partial charge in [-0.1, -0.05) is 41.9 Å². The number of nitrogens with one attached hydrogen (secondary N) is 1. The summed E-state index contributed by atoms with van der Waals surface area (Å²) in [5.41, 5.74) is 2.05. The van der Waals surface area contributed by atoms with Crippen molar-refractivity contribution >= 4 is 34.0 Å². The summed E-state index contributed by atoms with van der Waals surface area (Å²) in [6.45, 7) is 0. The highest BCUT2D eigenvalue weighted by Gasteiger charge is 2.08. The van der Waals surface area contributed by atoms with Crippen LogP contribution in [-0.2, 0) is 0 Å². The Hall–Kier alpha value is -2.57. The molecule has 0 saturated carbocycles. The Bertz CT molecular complexity index is 821. The lowest BCUT2D eigenvalue weighted by Crippen LogP contribution is -1.98. The third kappa shape index (κ3) is 2.29. The molecule has 3 aromatic rings. The second-order valence-electron chi connectivity index (χ2n) is 4.29. The molecule has 0 bridgehead atoms. The first-order valence-electron chi connectivity index (χ1n) is 6.09. The van der Waals surface area contributed by atoms with E-state index in [2.05, 4.69) is 16.4 Å². The second kappa shape index (κ2) is 5.20. The number of anilines is 2. The summed E-state index contributed by atoms with van der Waals surface area (Å²) in [4.78, 5) is 4.49. The first-order chi connectivity index (χ1) is 9.78. The average Bonchev–Trinajstić information content (AvgIpc) is 2.49. The fraction of sp³-hybridized carbons (Fsp3) is 0. The van der Waals surface area contributed by atoms with Gasteiger partial charge >= 0.3 is 0 Å². The van der Waals surface area contributed by atoms with Crippen LogP contribution in [0, 0.1) is 11.3 Å². The molecule has 0 atom stereocenters. The molecule has 3 nitrogen and oxygen atoms in total. The SMILES string of the molecule is N#Cc1cc2ccccc2nc1Nc1ccccc1Cl. The molecule has 0 radical (unpaired) electrons. The van der Waals surface area contributed by atoms with Crippen LogP contribution in [0.5, 0.6) is 0 Å². The van der Waals surface area contributed by atoms with Crippen molar-refractivity contribution in [2.75, 3.05) is 5.32 Å². The normalized spacial score (nSPS) is 10.2. The highest BCUT2D eigenvalue weighted by atomic mass is 35.5. The fourth-order valence-electron chi connectivity index (χ4n) is 1.99. The zero-order chi connectivity index (χ0) is 13.9. The number of rotatable bonds is 2. The third-order valence-electron chi connectivity index (χ3n) is 2.97. The van der Waals surface area contributed by atoms with E-state index in [4.69, 9.17) is 11.6 Å². The van der Waals surface area contributed by atoms with E-state index < -0.39 is 0 Å². The molecule has 20 heavy (non-hydrogen) atoms. The van der Waals surface area contributed by atoms with Crippen LogP contribution in [0.25, 0.3) is 10.9 Å². The van der Waals surface area contributed by atoms with E-state index in [9.17, 15) is 5.26 Å². The van der Waals surface area contributed by atoms with Crippen molar-refractivity contribution in [1.29, 1.82) is 5.26 Å². The average molecular weight is 280 g/mol. The van der Waals surface area contributed by atoms with Crippen LogP contribution >= 0.6 is 11.6 Å². The van der Waals surface area contributed by atoms with E-state index in [-0.39, 0.29) is 0 Å². The minimum atomic E-state index is 0.489. The third-order valence-corrected chi connectivity index (χ3v) is 3.30. The fourth-order valence-corrected chi connectivity index (χ4v) is 2.17. The quantitative estimate of drug-likeness (QED) is 0.751. The maximum atomic E-state index is 9.26. The minimum absolute atomic E-state index is 0.489. The minimum Gasteiger partial charge on any atom is -0.338 e. The van der Waals surface area contributed by atoms with Crippen LogP contribution in [0.3, 0.4) is 0 Å². The molecule has 1 N–H and O–H groups in total. The van der Waals surface area contributed by atoms with E-state index in [1.54, 1.807) is 6.07 Å². The molecular formula is C16H10ClN3. The van der Waals surface area contributed by atoms with Crippen LogP contribution in [0.15, 0.2) is 54.6 Å². The summed E-state index contributed by atoms with van der Waals surface area (Å²) in [7, 11) is 0. The first-order valence-corrected chi connectivity index (χ1v) is 6.47. The zero-order valence-electron chi connectivity index (χ0n) is 10.5. The smallest absolute Gasteiger partial charge is 0.149 e. The molecule has 0 aliphatic heterocycles. The second-order valence-corrected chi connectivity index (χ2v) is 4.70. The van der Waals surface area contributed by atoms with Gasteiger partial charge in [0, 0.05) is 5.39 Å². The van der Waals surface area contributed by atoms with Gasteiger partial charge in [-0.2, -0.15) is 5.26 Å². The van der Waals surface area contributed by atoms with Crippen molar-refractivity contribution < 1.29 is 0 Å². The van der Waals surface area contributed by atoms with Gasteiger partial charge in [-0.15, -0.1) is 0 Å². The number of nitrogens with zero attached hydrogens (tertiary/aromatic N) is 2. The van der Waals surface area contributed by atoms with E-state index >= 15 is 0 Å². The molecule has 0 aliphatic carbocycles. The summed E-state index contributed by atoms with van der Waals surface area (Å²) in [5, 5.41) is 13.9. The first kappa shape index (κ1) is 12.5. The summed E-state index contributed by atoms with van der Waals surface area (Å²) in [6, 6.07) is 19.0. The van der Waals surface area contributed by atoms with Crippen LogP contribution in [-0.4, -0.2) is 4.98 Å². The van der Waals surface area contributed by atoms with Gasteiger partial charge in [0.25, 0.3) is 0 Å². The standard InChI is InChI=1S/C16H10ClN3/c17-13-6-2-4-8-15(13)20-16-12(10-18)9-11-5-1-3-7-14(11)19-16/h1-9H,(H,19,20). The summed E-state index contributed by atoms with van der Waals surface area (Å²) >= 11 is 6.11. The summed E-state index contributed by atoms with van der Waals surface area (Å²) in [5.74, 6) is 0.513. The number of nitriles is 1. The molecule has 0 saturated heterocycles. The van der Waals surface area contributed by atoms with Gasteiger partial charge in [0.15, 0.2) is 0 Å². The highest BCUT2D eigenvalue weighted by Crippen LogP contribution is 2.27. The van der Waals surface area contributed by atoms with Crippen molar-refractivity contribution in [3.63, 3.8) is 0 Å². The van der Waals surface area contributed by atoms with E-state index in [0.717, 1.165) is 16.6 Å². The molecule has 0 unspecified atom stereocenters. The largest absolute Gasteiger partial charge is 0.338 e. The van der Waals surface area contributed by atoms with Gasteiger partial charge in [0.05, 0.1) is 21.8 Å². The zero-order valence-corrected chi connectivity index (χ0v) is 11.2. The summed E-state index contributed by atoms with van der Waals surface area (Å²) in [6.07, 6.45) is 0.